The number of ether oxygens (including phenoxy) is 1. The lowest BCUT2D eigenvalue weighted by Crippen LogP contribution is -2.21. The summed E-state index contributed by atoms with van der Waals surface area (Å²) in [5, 5.41) is 6.56. The number of amides is 1. The second kappa shape index (κ2) is 7.40. The Morgan fingerprint density at radius 1 is 1.22 bits per heavy atom. The van der Waals surface area contributed by atoms with Gasteiger partial charge in [-0.1, -0.05) is 46.4 Å². The zero-order valence-electron chi connectivity index (χ0n) is 11.6. The van der Waals surface area contributed by atoms with Crippen LogP contribution in [-0.2, 0) is 16.6 Å². The number of carbonyl (C=O) groups excluding carboxylic acids is 2. The minimum atomic E-state index is -0.686. The Morgan fingerprint density at radius 2 is 1.83 bits per heavy atom. The third-order valence-corrected chi connectivity index (χ3v) is 4.23. The van der Waals surface area contributed by atoms with Crippen LogP contribution in [0.3, 0.4) is 0 Å². The number of hydrogen-bond donors (Lipinski definition) is 1. The van der Waals surface area contributed by atoms with Gasteiger partial charge in [0.2, 0.25) is 0 Å². The monoisotopic (exact) mass is 395 g/mol. The number of aryl methyl sites for hydroxylation is 1. The molecule has 0 spiro atoms. The van der Waals surface area contributed by atoms with E-state index in [1.807, 2.05) is 0 Å². The van der Waals surface area contributed by atoms with E-state index >= 15 is 0 Å². The number of rotatable bonds is 4. The van der Waals surface area contributed by atoms with Crippen LogP contribution in [0.5, 0.6) is 0 Å². The first-order chi connectivity index (χ1) is 10.8. The number of halogens is 4. The fourth-order valence-corrected chi connectivity index (χ4v) is 2.50. The van der Waals surface area contributed by atoms with Gasteiger partial charge in [-0.25, -0.2) is 4.79 Å². The van der Waals surface area contributed by atoms with Crippen LogP contribution in [0, 0.1) is 0 Å². The molecule has 0 aliphatic carbocycles. The summed E-state index contributed by atoms with van der Waals surface area (Å²) >= 11 is 23.7. The highest BCUT2D eigenvalue weighted by atomic mass is 35.5. The number of benzene rings is 1. The van der Waals surface area contributed by atoms with Crippen LogP contribution in [0.4, 0.5) is 5.69 Å². The third-order valence-electron chi connectivity index (χ3n) is 2.65. The largest absolute Gasteiger partial charge is 0.452 e. The van der Waals surface area contributed by atoms with Gasteiger partial charge in [0, 0.05) is 13.2 Å². The Bertz CT molecular complexity index is 750. The Balaban J connectivity index is 2.02. The average molecular weight is 397 g/mol. The fourth-order valence-electron chi connectivity index (χ4n) is 1.60. The first-order valence-electron chi connectivity index (χ1n) is 6.08. The quantitative estimate of drug-likeness (QED) is 0.629. The molecule has 0 fully saturated rings. The van der Waals surface area contributed by atoms with Crippen LogP contribution in [-0.4, -0.2) is 28.3 Å². The molecule has 0 radical (unpaired) electrons. The van der Waals surface area contributed by atoms with Gasteiger partial charge in [0.1, 0.15) is 0 Å². The second-order valence-electron chi connectivity index (χ2n) is 4.37. The number of nitrogens with zero attached hydrogens (tertiary/aromatic N) is 2. The van der Waals surface area contributed by atoms with Crippen molar-refractivity contribution in [2.45, 2.75) is 0 Å². The van der Waals surface area contributed by atoms with Crippen LogP contribution in [0.1, 0.15) is 10.4 Å². The fraction of sp³-hybridized carbons (Fsp3) is 0.154. The van der Waals surface area contributed by atoms with Crippen molar-refractivity contribution in [2.24, 2.45) is 7.05 Å². The van der Waals surface area contributed by atoms with Crippen molar-refractivity contribution in [2.75, 3.05) is 11.9 Å². The van der Waals surface area contributed by atoms with Gasteiger partial charge in [-0.15, -0.1) is 0 Å². The van der Waals surface area contributed by atoms with E-state index in [0.717, 1.165) is 0 Å². The predicted octanol–water partition coefficient (Wildman–Crippen LogP) is 3.83. The summed E-state index contributed by atoms with van der Waals surface area (Å²) in [6.45, 7) is -0.537. The third kappa shape index (κ3) is 4.29. The van der Waals surface area contributed by atoms with Gasteiger partial charge in [0.15, 0.2) is 6.61 Å². The molecule has 0 saturated heterocycles. The molecule has 1 N–H and O–H groups in total. The molecule has 122 valence electrons. The SMILES string of the molecule is Cn1cc(C(=O)OCC(=O)Nc2c(Cl)c(Cl)cc(Cl)c2Cl)cn1. The molecule has 23 heavy (non-hydrogen) atoms. The maximum atomic E-state index is 11.9. The first-order valence-corrected chi connectivity index (χ1v) is 7.59. The van der Waals surface area contributed by atoms with Crippen LogP contribution in [0.25, 0.3) is 0 Å². The number of carbonyl (C=O) groups is 2. The normalized spacial score (nSPS) is 10.5. The molecule has 0 bridgehead atoms. The van der Waals surface area contributed by atoms with Gasteiger partial charge in [-0.2, -0.15) is 5.10 Å². The molecule has 0 saturated carbocycles. The zero-order chi connectivity index (χ0) is 17.1. The van der Waals surface area contributed by atoms with Gasteiger partial charge in [-0.05, 0) is 6.07 Å². The van der Waals surface area contributed by atoms with Gasteiger partial charge >= 0.3 is 5.97 Å². The minimum absolute atomic E-state index is 0.0352. The number of aromatic nitrogens is 2. The number of anilines is 1. The van der Waals surface area contributed by atoms with Gasteiger partial charge in [0.05, 0.1) is 37.5 Å². The van der Waals surface area contributed by atoms with E-state index in [4.69, 9.17) is 51.1 Å². The lowest BCUT2D eigenvalue weighted by atomic mass is 10.3. The van der Waals surface area contributed by atoms with E-state index in [1.165, 1.54) is 23.1 Å². The molecular formula is C13H9Cl4N3O3. The molecule has 1 aromatic carbocycles. The van der Waals surface area contributed by atoms with Gasteiger partial charge < -0.3 is 10.1 Å². The van der Waals surface area contributed by atoms with E-state index in [0.29, 0.717) is 0 Å². The van der Waals surface area contributed by atoms with Crippen molar-refractivity contribution in [3.05, 3.63) is 44.1 Å². The van der Waals surface area contributed by atoms with Crippen molar-refractivity contribution in [1.82, 2.24) is 9.78 Å². The van der Waals surface area contributed by atoms with Crippen LogP contribution in [0.2, 0.25) is 20.1 Å². The maximum Gasteiger partial charge on any atom is 0.341 e. The smallest absolute Gasteiger partial charge is 0.341 e. The summed E-state index contributed by atoms with van der Waals surface area (Å²) in [5.41, 5.74) is 0.274. The first kappa shape index (κ1) is 17.9. The molecule has 6 nitrogen and oxygen atoms in total. The maximum absolute atomic E-state index is 11.9. The van der Waals surface area contributed by atoms with E-state index in [-0.39, 0.29) is 31.3 Å². The Morgan fingerprint density at radius 3 is 2.35 bits per heavy atom. The van der Waals surface area contributed by atoms with Crippen LogP contribution < -0.4 is 5.32 Å². The number of hydrogen-bond acceptors (Lipinski definition) is 4. The lowest BCUT2D eigenvalue weighted by Gasteiger charge is -2.11. The molecule has 2 rings (SSSR count). The summed E-state index contributed by atoms with van der Waals surface area (Å²) in [7, 11) is 1.65. The van der Waals surface area contributed by atoms with E-state index in [2.05, 4.69) is 10.4 Å². The number of nitrogens with one attached hydrogen (secondary N) is 1. The molecule has 0 atom stereocenters. The van der Waals surface area contributed by atoms with Crippen molar-refractivity contribution < 1.29 is 14.3 Å². The molecule has 1 aromatic heterocycles. The molecule has 1 heterocycles. The molecule has 10 heteroatoms. The standard InChI is InChI=1S/C13H9Cl4N3O3/c1-20-4-6(3-18-20)13(22)23-5-9(21)19-12-10(16)7(14)2-8(15)11(12)17/h2-4H,5H2,1H3,(H,19,21). The summed E-state index contributed by atoms with van der Waals surface area (Å²) in [6, 6.07) is 1.35. The van der Waals surface area contributed by atoms with Crippen LogP contribution >= 0.6 is 46.4 Å². The summed E-state index contributed by atoms with van der Waals surface area (Å²) in [6.07, 6.45) is 2.79. The van der Waals surface area contributed by atoms with Crippen molar-refractivity contribution in [3.63, 3.8) is 0 Å². The van der Waals surface area contributed by atoms with Crippen molar-refractivity contribution >= 4 is 64.0 Å². The van der Waals surface area contributed by atoms with E-state index in [9.17, 15) is 9.59 Å². The molecule has 0 aliphatic rings. The highest BCUT2D eigenvalue weighted by molar-refractivity contribution is 6.50. The van der Waals surface area contributed by atoms with Crippen molar-refractivity contribution in [1.29, 1.82) is 0 Å². The molecule has 0 unspecified atom stereocenters. The summed E-state index contributed by atoms with van der Waals surface area (Å²) in [5.74, 6) is -1.33. The van der Waals surface area contributed by atoms with E-state index in [1.54, 1.807) is 7.05 Å². The topological polar surface area (TPSA) is 73.2 Å². The molecule has 2 aromatic rings. The lowest BCUT2D eigenvalue weighted by molar-refractivity contribution is -0.119. The Hall–Kier alpha value is -1.47. The van der Waals surface area contributed by atoms with Gasteiger partial charge in [-0.3, -0.25) is 9.48 Å². The predicted molar refractivity (Wildman–Crippen MR) is 88.6 cm³/mol. The molecular weight excluding hydrogens is 388 g/mol. The van der Waals surface area contributed by atoms with Gasteiger partial charge in [0.25, 0.3) is 5.91 Å². The Labute approximate surface area is 151 Å². The summed E-state index contributed by atoms with van der Waals surface area (Å²) < 4.78 is 6.29. The number of esters is 1. The average Bonchev–Trinajstić information content (AvgIpc) is 2.94. The molecule has 1 amide bonds. The highest BCUT2D eigenvalue weighted by Gasteiger charge is 2.18. The van der Waals surface area contributed by atoms with Crippen LogP contribution in [0.15, 0.2) is 18.5 Å². The molecule has 0 aliphatic heterocycles. The summed E-state index contributed by atoms with van der Waals surface area (Å²) in [4.78, 5) is 23.6. The zero-order valence-corrected chi connectivity index (χ0v) is 14.6. The highest BCUT2D eigenvalue weighted by Crippen LogP contribution is 2.40. The second-order valence-corrected chi connectivity index (χ2v) is 5.94. The van der Waals surface area contributed by atoms with Crippen molar-refractivity contribution in [3.8, 4) is 0 Å². The van der Waals surface area contributed by atoms with E-state index < -0.39 is 18.5 Å². The minimum Gasteiger partial charge on any atom is -0.452 e. The Kier molecular flexibility index (Phi) is 5.75.